The quantitative estimate of drug-likeness (QED) is 0.701. The van der Waals surface area contributed by atoms with Gasteiger partial charge in [0.1, 0.15) is 5.69 Å². The van der Waals surface area contributed by atoms with E-state index in [0.29, 0.717) is 0 Å². The van der Waals surface area contributed by atoms with Crippen molar-refractivity contribution < 1.29 is 22.0 Å². The molecule has 17 heavy (non-hydrogen) atoms. The van der Waals surface area contributed by atoms with Crippen LogP contribution in [0, 0.1) is 0 Å². The lowest BCUT2D eigenvalue weighted by Gasteiger charge is -2.12. The summed E-state index contributed by atoms with van der Waals surface area (Å²) in [5.74, 6) is -4.04. The van der Waals surface area contributed by atoms with Crippen molar-refractivity contribution in [3.63, 3.8) is 0 Å². The fourth-order valence-corrected chi connectivity index (χ4v) is 2.35. The van der Waals surface area contributed by atoms with Gasteiger partial charge in [0.05, 0.1) is 0 Å². The number of aromatic nitrogens is 2. The predicted molar refractivity (Wildman–Crippen MR) is 49.8 cm³/mol. The van der Waals surface area contributed by atoms with Gasteiger partial charge in [0.25, 0.3) is 5.92 Å². The van der Waals surface area contributed by atoms with Gasteiger partial charge >= 0.3 is 6.18 Å². The SMILES string of the molecule is CCn1nc(C(F)(F)F)c2c1C(F)(F)C[C@@H]2C. The van der Waals surface area contributed by atoms with Crippen molar-refractivity contribution in [3.05, 3.63) is 17.0 Å². The summed E-state index contributed by atoms with van der Waals surface area (Å²) in [7, 11) is 0. The van der Waals surface area contributed by atoms with Crippen molar-refractivity contribution in [1.29, 1.82) is 0 Å². The molecule has 1 aromatic heterocycles. The topological polar surface area (TPSA) is 17.8 Å². The molecule has 1 aliphatic carbocycles. The molecule has 0 amide bonds. The van der Waals surface area contributed by atoms with E-state index in [-0.39, 0.29) is 12.1 Å². The Balaban J connectivity index is 2.69. The molecule has 0 N–H and O–H groups in total. The molecular formula is C10H11F5N2. The van der Waals surface area contributed by atoms with Gasteiger partial charge in [-0.3, -0.25) is 4.68 Å². The zero-order valence-corrected chi connectivity index (χ0v) is 9.28. The minimum absolute atomic E-state index is 0.000718. The fourth-order valence-electron chi connectivity index (χ4n) is 2.35. The largest absolute Gasteiger partial charge is 0.435 e. The third kappa shape index (κ3) is 1.71. The van der Waals surface area contributed by atoms with Crippen molar-refractivity contribution in [3.8, 4) is 0 Å². The van der Waals surface area contributed by atoms with E-state index in [9.17, 15) is 22.0 Å². The second-order valence-corrected chi connectivity index (χ2v) is 4.23. The van der Waals surface area contributed by atoms with Gasteiger partial charge < -0.3 is 0 Å². The van der Waals surface area contributed by atoms with E-state index in [1.807, 2.05) is 0 Å². The summed E-state index contributed by atoms with van der Waals surface area (Å²) in [6.07, 6.45) is -5.26. The van der Waals surface area contributed by atoms with Crippen LogP contribution < -0.4 is 0 Å². The summed E-state index contributed by atoms with van der Waals surface area (Å²) < 4.78 is 66.1. The second-order valence-electron chi connectivity index (χ2n) is 4.23. The number of aryl methyl sites for hydroxylation is 1. The van der Waals surface area contributed by atoms with Gasteiger partial charge in [-0.15, -0.1) is 0 Å². The van der Waals surface area contributed by atoms with E-state index in [2.05, 4.69) is 5.10 Å². The molecule has 2 rings (SSSR count). The van der Waals surface area contributed by atoms with Gasteiger partial charge in [0, 0.05) is 18.5 Å². The molecule has 96 valence electrons. The first kappa shape index (κ1) is 12.3. The van der Waals surface area contributed by atoms with E-state index in [0.717, 1.165) is 4.68 Å². The van der Waals surface area contributed by atoms with E-state index >= 15 is 0 Å². The number of rotatable bonds is 1. The van der Waals surface area contributed by atoms with Gasteiger partial charge in [0.15, 0.2) is 5.69 Å². The van der Waals surface area contributed by atoms with Crippen LogP contribution in [0.15, 0.2) is 0 Å². The Morgan fingerprint density at radius 3 is 2.47 bits per heavy atom. The lowest BCUT2D eigenvalue weighted by atomic mass is 10.0. The third-order valence-electron chi connectivity index (χ3n) is 2.96. The van der Waals surface area contributed by atoms with E-state index < -0.39 is 35.8 Å². The lowest BCUT2D eigenvalue weighted by molar-refractivity contribution is -0.142. The molecule has 1 aromatic rings. The van der Waals surface area contributed by atoms with Crippen LogP contribution in [0.5, 0.6) is 0 Å². The minimum atomic E-state index is -4.68. The zero-order valence-electron chi connectivity index (χ0n) is 9.28. The smallest absolute Gasteiger partial charge is 0.263 e. The molecule has 0 saturated heterocycles. The summed E-state index contributed by atoms with van der Waals surface area (Å²) in [6, 6.07) is 0. The number of nitrogens with zero attached hydrogens (tertiary/aromatic N) is 2. The monoisotopic (exact) mass is 254 g/mol. The van der Waals surface area contributed by atoms with Crippen LogP contribution in [0.3, 0.4) is 0 Å². The second kappa shape index (κ2) is 3.43. The van der Waals surface area contributed by atoms with E-state index in [1.165, 1.54) is 13.8 Å². The first-order valence-corrected chi connectivity index (χ1v) is 5.24. The molecule has 7 heteroatoms. The van der Waals surface area contributed by atoms with E-state index in [1.54, 1.807) is 0 Å². The molecule has 0 bridgehead atoms. The average molecular weight is 254 g/mol. The van der Waals surface area contributed by atoms with Crippen LogP contribution in [0.25, 0.3) is 0 Å². The highest BCUT2D eigenvalue weighted by Crippen LogP contribution is 2.51. The van der Waals surface area contributed by atoms with Crippen molar-refractivity contribution in [2.24, 2.45) is 0 Å². The maximum absolute atomic E-state index is 13.6. The Labute approximate surface area is 94.4 Å². The van der Waals surface area contributed by atoms with Crippen LogP contribution in [0.2, 0.25) is 0 Å². The van der Waals surface area contributed by atoms with Crippen LogP contribution in [-0.2, 0) is 18.6 Å². The molecule has 0 saturated carbocycles. The Hall–Kier alpha value is -1.14. The molecule has 2 nitrogen and oxygen atoms in total. The van der Waals surface area contributed by atoms with Gasteiger partial charge in [0.2, 0.25) is 0 Å². The van der Waals surface area contributed by atoms with Gasteiger partial charge in [-0.1, -0.05) is 6.92 Å². The number of fused-ring (bicyclic) bond motifs is 1. The maximum Gasteiger partial charge on any atom is 0.435 e. The van der Waals surface area contributed by atoms with Gasteiger partial charge in [-0.05, 0) is 12.8 Å². The predicted octanol–water partition coefficient (Wildman–Crippen LogP) is 3.52. The van der Waals surface area contributed by atoms with Crippen LogP contribution >= 0.6 is 0 Å². The highest BCUT2D eigenvalue weighted by atomic mass is 19.4. The average Bonchev–Trinajstić information content (AvgIpc) is 2.63. The summed E-state index contributed by atoms with van der Waals surface area (Å²) in [5, 5.41) is 3.28. The lowest BCUT2D eigenvalue weighted by Crippen LogP contribution is -2.16. The van der Waals surface area contributed by atoms with Crippen molar-refractivity contribution in [1.82, 2.24) is 9.78 Å². The van der Waals surface area contributed by atoms with Crippen molar-refractivity contribution in [2.45, 2.75) is 44.8 Å². The molecular weight excluding hydrogens is 243 g/mol. The van der Waals surface area contributed by atoms with Crippen LogP contribution in [0.4, 0.5) is 22.0 Å². The molecule has 1 heterocycles. The van der Waals surface area contributed by atoms with Crippen molar-refractivity contribution >= 4 is 0 Å². The van der Waals surface area contributed by atoms with Gasteiger partial charge in [-0.2, -0.15) is 27.1 Å². The maximum atomic E-state index is 13.6. The highest BCUT2D eigenvalue weighted by molar-refractivity contribution is 5.39. The first-order valence-electron chi connectivity index (χ1n) is 5.24. The summed E-state index contributed by atoms with van der Waals surface area (Å²) in [5.41, 5.74) is -2.08. The summed E-state index contributed by atoms with van der Waals surface area (Å²) >= 11 is 0. The zero-order chi connectivity index (χ0) is 13.0. The minimum Gasteiger partial charge on any atom is -0.263 e. The number of hydrogen-bond acceptors (Lipinski definition) is 1. The highest BCUT2D eigenvalue weighted by Gasteiger charge is 2.52. The summed E-state index contributed by atoms with van der Waals surface area (Å²) in [4.78, 5) is 0. The molecule has 0 fully saturated rings. The Morgan fingerprint density at radius 1 is 1.41 bits per heavy atom. The molecule has 0 radical (unpaired) electrons. The Kier molecular flexibility index (Phi) is 2.48. The van der Waals surface area contributed by atoms with E-state index in [4.69, 9.17) is 0 Å². The normalized spacial score (nSPS) is 22.9. The van der Waals surface area contributed by atoms with Crippen LogP contribution in [0.1, 0.15) is 43.1 Å². The molecule has 1 atom stereocenters. The number of hydrogen-bond donors (Lipinski definition) is 0. The van der Waals surface area contributed by atoms with Crippen LogP contribution in [-0.4, -0.2) is 9.78 Å². The summed E-state index contributed by atoms with van der Waals surface area (Å²) in [6.45, 7) is 2.86. The fraction of sp³-hybridized carbons (Fsp3) is 0.700. The van der Waals surface area contributed by atoms with Crippen molar-refractivity contribution in [2.75, 3.05) is 0 Å². The number of halogens is 5. The Morgan fingerprint density at radius 2 is 2.00 bits per heavy atom. The molecule has 0 aliphatic heterocycles. The first-order chi connectivity index (χ1) is 7.68. The molecule has 0 spiro atoms. The molecule has 1 aliphatic rings. The standard InChI is InChI=1S/C10H11F5N2/c1-3-17-8-6(5(2)4-9(8,11)12)7(16-17)10(13,14)15/h5H,3-4H2,1-2H3/t5-/m0/s1. The number of alkyl halides is 5. The Bertz CT molecular complexity index is 446. The van der Waals surface area contributed by atoms with Gasteiger partial charge in [-0.25, -0.2) is 0 Å². The molecule has 0 unspecified atom stereocenters. The molecule has 0 aromatic carbocycles. The third-order valence-corrected chi connectivity index (χ3v) is 2.96.